The Bertz CT molecular complexity index is 880. The van der Waals surface area contributed by atoms with Crippen molar-refractivity contribution in [3.63, 3.8) is 0 Å². The molecule has 0 fully saturated rings. The van der Waals surface area contributed by atoms with Crippen LogP contribution in [0.3, 0.4) is 0 Å². The van der Waals surface area contributed by atoms with Crippen LogP contribution in [0.2, 0.25) is 0 Å². The molecule has 2 aromatic carbocycles. The molecule has 0 saturated heterocycles. The number of aromatic carboxylic acids is 1. The van der Waals surface area contributed by atoms with Crippen molar-refractivity contribution in [2.45, 2.75) is 6.61 Å². The third-order valence-corrected chi connectivity index (χ3v) is 4.13. The molecule has 24 heavy (non-hydrogen) atoms. The van der Waals surface area contributed by atoms with Crippen molar-refractivity contribution in [1.82, 2.24) is 4.98 Å². The SMILES string of the molecule is O=C(O)c1cccc(-c2nc(-c3ccccc3OC(F)F)cs2)c1. The topological polar surface area (TPSA) is 59.4 Å². The first-order valence-corrected chi connectivity index (χ1v) is 7.76. The van der Waals surface area contributed by atoms with Crippen LogP contribution >= 0.6 is 11.3 Å². The number of ether oxygens (including phenoxy) is 1. The molecule has 0 spiro atoms. The number of nitrogens with zero attached hydrogens (tertiary/aromatic N) is 1. The van der Waals surface area contributed by atoms with Gasteiger partial charge in [-0.2, -0.15) is 8.78 Å². The second kappa shape index (κ2) is 6.76. The average Bonchev–Trinajstić information content (AvgIpc) is 3.05. The third-order valence-electron chi connectivity index (χ3n) is 3.24. The lowest BCUT2D eigenvalue weighted by atomic mass is 10.1. The standard InChI is InChI=1S/C17H11F2NO3S/c18-17(19)23-14-7-2-1-6-12(14)13-9-24-15(20-13)10-4-3-5-11(8-10)16(21)22/h1-9,17H,(H,21,22). The Kier molecular flexibility index (Phi) is 4.52. The Morgan fingerprint density at radius 2 is 1.96 bits per heavy atom. The van der Waals surface area contributed by atoms with E-state index in [2.05, 4.69) is 9.72 Å². The highest BCUT2D eigenvalue weighted by Crippen LogP contribution is 2.34. The fourth-order valence-corrected chi connectivity index (χ4v) is 3.01. The predicted molar refractivity (Wildman–Crippen MR) is 86.6 cm³/mol. The van der Waals surface area contributed by atoms with E-state index in [4.69, 9.17) is 5.11 Å². The van der Waals surface area contributed by atoms with E-state index >= 15 is 0 Å². The van der Waals surface area contributed by atoms with Crippen molar-refractivity contribution < 1.29 is 23.4 Å². The zero-order chi connectivity index (χ0) is 17.1. The molecule has 3 rings (SSSR count). The minimum Gasteiger partial charge on any atom is -0.478 e. The van der Waals surface area contributed by atoms with Gasteiger partial charge in [-0.05, 0) is 24.3 Å². The predicted octanol–water partition coefficient (Wildman–Crippen LogP) is 4.78. The van der Waals surface area contributed by atoms with E-state index in [0.717, 1.165) is 0 Å². The number of hydrogen-bond acceptors (Lipinski definition) is 4. The summed E-state index contributed by atoms with van der Waals surface area (Å²) in [6.07, 6.45) is 0. The first-order chi connectivity index (χ1) is 11.5. The molecular weight excluding hydrogens is 336 g/mol. The number of carboxylic acids is 1. The van der Waals surface area contributed by atoms with Crippen LogP contribution < -0.4 is 4.74 Å². The molecule has 122 valence electrons. The van der Waals surface area contributed by atoms with Crippen molar-refractivity contribution in [2.75, 3.05) is 0 Å². The third kappa shape index (κ3) is 3.41. The normalized spacial score (nSPS) is 10.8. The Morgan fingerprint density at radius 3 is 2.71 bits per heavy atom. The Balaban J connectivity index is 1.97. The molecular formula is C17H11F2NO3S. The zero-order valence-electron chi connectivity index (χ0n) is 12.1. The molecule has 0 bridgehead atoms. The van der Waals surface area contributed by atoms with Crippen molar-refractivity contribution in [1.29, 1.82) is 0 Å². The molecule has 0 amide bonds. The monoisotopic (exact) mass is 347 g/mol. The molecule has 0 saturated carbocycles. The molecule has 0 aliphatic rings. The van der Waals surface area contributed by atoms with Crippen molar-refractivity contribution in [2.24, 2.45) is 0 Å². The minimum absolute atomic E-state index is 0.0450. The summed E-state index contributed by atoms with van der Waals surface area (Å²) in [4.78, 5) is 15.5. The number of benzene rings is 2. The van der Waals surface area contributed by atoms with Crippen molar-refractivity contribution in [3.05, 3.63) is 59.5 Å². The highest BCUT2D eigenvalue weighted by molar-refractivity contribution is 7.13. The summed E-state index contributed by atoms with van der Waals surface area (Å²) >= 11 is 1.30. The lowest BCUT2D eigenvalue weighted by molar-refractivity contribution is -0.0494. The maximum absolute atomic E-state index is 12.5. The van der Waals surface area contributed by atoms with E-state index in [0.29, 0.717) is 21.8 Å². The van der Waals surface area contributed by atoms with Gasteiger partial charge < -0.3 is 9.84 Å². The zero-order valence-corrected chi connectivity index (χ0v) is 13.0. The van der Waals surface area contributed by atoms with Gasteiger partial charge in [0.1, 0.15) is 10.8 Å². The van der Waals surface area contributed by atoms with Gasteiger partial charge in [-0.3, -0.25) is 0 Å². The number of aromatic nitrogens is 1. The molecule has 0 aliphatic carbocycles. The fraction of sp³-hybridized carbons (Fsp3) is 0.0588. The Morgan fingerprint density at radius 1 is 1.17 bits per heavy atom. The molecule has 3 aromatic rings. The molecule has 0 radical (unpaired) electrons. The van der Waals surface area contributed by atoms with Crippen LogP contribution in [0.5, 0.6) is 5.75 Å². The van der Waals surface area contributed by atoms with Crippen LogP contribution in [-0.4, -0.2) is 22.7 Å². The van der Waals surface area contributed by atoms with Gasteiger partial charge in [0.25, 0.3) is 0 Å². The molecule has 4 nitrogen and oxygen atoms in total. The van der Waals surface area contributed by atoms with E-state index in [1.54, 1.807) is 35.7 Å². The van der Waals surface area contributed by atoms with Crippen LogP contribution in [0.4, 0.5) is 8.78 Å². The molecule has 1 aromatic heterocycles. The van der Waals surface area contributed by atoms with Crippen LogP contribution in [-0.2, 0) is 0 Å². The van der Waals surface area contributed by atoms with Gasteiger partial charge >= 0.3 is 12.6 Å². The summed E-state index contributed by atoms with van der Waals surface area (Å²) in [5.74, 6) is -0.979. The first kappa shape index (κ1) is 16.1. The van der Waals surface area contributed by atoms with E-state index in [1.165, 1.54) is 29.5 Å². The Hall–Kier alpha value is -2.80. The quantitative estimate of drug-likeness (QED) is 0.722. The smallest absolute Gasteiger partial charge is 0.387 e. The summed E-state index contributed by atoms with van der Waals surface area (Å²) in [6, 6.07) is 12.8. The number of para-hydroxylation sites is 1. The van der Waals surface area contributed by atoms with Crippen LogP contribution in [0, 0.1) is 0 Å². The minimum atomic E-state index is -2.92. The second-order valence-corrected chi connectivity index (χ2v) is 5.66. The number of thiazole rings is 1. The summed E-state index contributed by atoms with van der Waals surface area (Å²) in [6.45, 7) is -2.92. The fourth-order valence-electron chi connectivity index (χ4n) is 2.19. The van der Waals surface area contributed by atoms with E-state index in [9.17, 15) is 13.6 Å². The van der Waals surface area contributed by atoms with Crippen LogP contribution in [0.15, 0.2) is 53.9 Å². The van der Waals surface area contributed by atoms with Gasteiger partial charge in [0.15, 0.2) is 0 Å². The Labute approximate surface area is 140 Å². The first-order valence-electron chi connectivity index (χ1n) is 6.88. The van der Waals surface area contributed by atoms with Crippen molar-refractivity contribution >= 4 is 17.3 Å². The van der Waals surface area contributed by atoms with Gasteiger partial charge in [0.2, 0.25) is 0 Å². The highest BCUT2D eigenvalue weighted by atomic mass is 32.1. The van der Waals surface area contributed by atoms with Gasteiger partial charge in [0.05, 0.1) is 11.3 Å². The molecule has 0 unspecified atom stereocenters. The van der Waals surface area contributed by atoms with Gasteiger partial charge in [0, 0.05) is 16.5 Å². The maximum Gasteiger partial charge on any atom is 0.387 e. The van der Waals surface area contributed by atoms with E-state index in [1.807, 2.05) is 0 Å². The van der Waals surface area contributed by atoms with E-state index in [-0.39, 0.29) is 11.3 Å². The van der Waals surface area contributed by atoms with Crippen molar-refractivity contribution in [3.8, 4) is 27.6 Å². The number of hydrogen-bond donors (Lipinski definition) is 1. The number of rotatable bonds is 5. The molecule has 0 aliphatic heterocycles. The lowest BCUT2D eigenvalue weighted by Crippen LogP contribution is -2.03. The summed E-state index contributed by atoms with van der Waals surface area (Å²) in [7, 11) is 0. The summed E-state index contributed by atoms with van der Waals surface area (Å²) in [5.41, 5.74) is 1.76. The summed E-state index contributed by atoms with van der Waals surface area (Å²) < 4.78 is 29.5. The number of alkyl halides is 2. The van der Waals surface area contributed by atoms with Crippen LogP contribution in [0.25, 0.3) is 21.8 Å². The molecule has 0 atom stereocenters. The molecule has 1 N–H and O–H groups in total. The van der Waals surface area contributed by atoms with E-state index < -0.39 is 12.6 Å². The molecule has 1 heterocycles. The van der Waals surface area contributed by atoms with Gasteiger partial charge in [-0.15, -0.1) is 11.3 Å². The summed E-state index contributed by atoms with van der Waals surface area (Å²) in [5, 5.41) is 11.4. The van der Waals surface area contributed by atoms with Crippen LogP contribution in [0.1, 0.15) is 10.4 Å². The lowest BCUT2D eigenvalue weighted by Gasteiger charge is -2.08. The second-order valence-electron chi connectivity index (χ2n) is 4.80. The van der Waals surface area contributed by atoms with Gasteiger partial charge in [-0.1, -0.05) is 24.3 Å². The number of carbonyl (C=O) groups is 1. The maximum atomic E-state index is 12.5. The average molecular weight is 347 g/mol. The largest absolute Gasteiger partial charge is 0.478 e. The number of halogens is 2. The molecule has 7 heteroatoms. The number of carboxylic acid groups (broad SMARTS) is 1. The van der Waals surface area contributed by atoms with Gasteiger partial charge in [-0.25, -0.2) is 9.78 Å². The highest BCUT2D eigenvalue weighted by Gasteiger charge is 2.14.